The Bertz CT molecular complexity index is 945. The molecule has 35 heavy (non-hydrogen) atoms. The first-order valence-electron chi connectivity index (χ1n) is 11.8. The van der Waals surface area contributed by atoms with Crippen LogP contribution in [0.25, 0.3) is 0 Å². The van der Waals surface area contributed by atoms with Gasteiger partial charge in [0, 0.05) is 29.6 Å². The Morgan fingerprint density at radius 2 is 1.86 bits per heavy atom. The summed E-state index contributed by atoms with van der Waals surface area (Å²) in [5, 5.41) is 17.6. The molecule has 0 saturated carbocycles. The highest BCUT2D eigenvalue weighted by molar-refractivity contribution is 6.30. The molecule has 1 aromatic rings. The van der Waals surface area contributed by atoms with E-state index in [4.69, 9.17) is 16.3 Å². The number of hydrogen-bond donors (Lipinski definition) is 3. The maximum atomic E-state index is 13.4. The first-order valence-corrected chi connectivity index (χ1v) is 12.2. The van der Waals surface area contributed by atoms with Gasteiger partial charge in [-0.2, -0.15) is 0 Å². The molecule has 1 unspecified atom stereocenters. The molecule has 194 valence electrons. The molecule has 1 aliphatic heterocycles. The number of urea groups is 1. The van der Waals surface area contributed by atoms with E-state index in [2.05, 4.69) is 17.2 Å². The Morgan fingerprint density at radius 3 is 2.37 bits per heavy atom. The van der Waals surface area contributed by atoms with Crippen molar-refractivity contribution in [1.29, 1.82) is 0 Å². The summed E-state index contributed by atoms with van der Waals surface area (Å²) in [6.07, 6.45) is 1.41. The van der Waals surface area contributed by atoms with Crippen LogP contribution in [-0.4, -0.2) is 59.2 Å². The normalized spacial score (nSPS) is 20.7. The topological polar surface area (TPSA) is 108 Å². The number of hydrogen-bond acceptors (Lipinski definition) is 5. The molecule has 1 aliphatic rings. The average Bonchev–Trinajstić information content (AvgIpc) is 2.77. The molecule has 3 amide bonds. The number of nitrogens with one attached hydrogen (secondary N) is 2. The zero-order valence-electron chi connectivity index (χ0n) is 21.5. The van der Waals surface area contributed by atoms with Gasteiger partial charge in [-0.1, -0.05) is 58.0 Å². The van der Waals surface area contributed by atoms with Crippen molar-refractivity contribution in [3.63, 3.8) is 0 Å². The lowest BCUT2D eigenvalue weighted by Gasteiger charge is -2.51. The standard InChI is InChI=1S/C26H38ClN3O5/c1-8-20(31)35-25(6,7)15-28-23(33)29-21(17(2)3)22(32)30-14-13-26(34,24(4,5)16-30)18-9-11-19(27)12-10-18/h8-12,17,21,34H,1,13-16H2,2-7H3,(H2,28,29,33)/t21?,26-/m0/s1. The van der Waals surface area contributed by atoms with Crippen LogP contribution >= 0.6 is 11.6 Å². The zero-order valence-corrected chi connectivity index (χ0v) is 22.2. The highest BCUT2D eigenvalue weighted by atomic mass is 35.5. The van der Waals surface area contributed by atoms with Gasteiger partial charge in [-0.05, 0) is 43.9 Å². The number of likely N-dealkylation sites (tertiary alicyclic amines) is 1. The quantitative estimate of drug-likeness (QED) is 0.368. The number of halogens is 1. The van der Waals surface area contributed by atoms with Crippen molar-refractivity contribution in [3.05, 3.63) is 47.5 Å². The predicted molar refractivity (Wildman–Crippen MR) is 136 cm³/mol. The molecule has 9 heteroatoms. The Kier molecular flexibility index (Phi) is 9.00. The van der Waals surface area contributed by atoms with Gasteiger partial charge in [0.05, 0.1) is 12.1 Å². The Balaban J connectivity index is 2.07. The second-order valence-corrected chi connectivity index (χ2v) is 11.1. The number of esters is 1. The van der Waals surface area contributed by atoms with Gasteiger partial charge < -0.3 is 25.4 Å². The highest BCUT2D eigenvalue weighted by Crippen LogP contribution is 2.46. The SMILES string of the molecule is C=CC(=O)OC(C)(C)CNC(=O)NC(C(=O)N1CC[C@](O)(c2ccc(Cl)cc2)C(C)(C)C1)C(C)C. The minimum Gasteiger partial charge on any atom is -0.455 e. The summed E-state index contributed by atoms with van der Waals surface area (Å²) in [6.45, 7) is 15.0. The molecule has 1 aromatic carbocycles. The minimum atomic E-state index is -1.12. The summed E-state index contributed by atoms with van der Waals surface area (Å²) in [7, 11) is 0. The first-order chi connectivity index (χ1) is 16.1. The van der Waals surface area contributed by atoms with Gasteiger partial charge in [-0.15, -0.1) is 0 Å². The second kappa shape index (κ2) is 11.0. The zero-order chi connectivity index (χ0) is 26.6. The van der Waals surface area contributed by atoms with Crippen LogP contribution in [0.2, 0.25) is 5.02 Å². The van der Waals surface area contributed by atoms with E-state index >= 15 is 0 Å². The second-order valence-electron chi connectivity index (χ2n) is 10.7. The minimum absolute atomic E-state index is 0.0578. The number of carbonyl (C=O) groups excluding carboxylic acids is 3. The van der Waals surface area contributed by atoms with Crippen molar-refractivity contribution in [3.8, 4) is 0 Å². The van der Waals surface area contributed by atoms with Gasteiger partial charge in [-0.25, -0.2) is 9.59 Å². The average molecular weight is 508 g/mol. The maximum absolute atomic E-state index is 13.4. The third kappa shape index (κ3) is 6.98. The van der Waals surface area contributed by atoms with Gasteiger partial charge in [0.25, 0.3) is 0 Å². The van der Waals surface area contributed by atoms with E-state index in [1.807, 2.05) is 39.8 Å². The van der Waals surface area contributed by atoms with Gasteiger partial charge in [0.15, 0.2) is 0 Å². The molecular weight excluding hydrogens is 470 g/mol. The van der Waals surface area contributed by atoms with Crippen LogP contribution in [0.1, 0.15) is 53.5 Å². The van der Waals surface area contributed by atoms with E-state index < -0.39 is 34.7 Å². The maximum Gasteiger partial charge on any atom is 0.330 e. The van der Waals surface area contributed by atoms with Crippen molar-refractivity contribution in [2.75, 3.05) is 19.6 Å². The summed E-state index contributed by atoms with van der Waals surface area (Å²) >= 11 is 6.01. The van der Waals surface area contributed by atoms with Crippen LogP contribution in [-0.2, 0) is 19.9 Å². The summed E-state index contributed by atoms with van der Waals surface area (Å²) < 4.78 is 5.21. The van der Waals surface area contributed by atoms with E-state index in [1.165, 1.54) is 0 Å². The Labute approximate surface area is 213 Å². The monoisotopic (exact) mass is 507 g/mol. The fourth-order valence-corrected chi connectivity index (χ4v) is 4.44. The Hall–Kier alpha value is -2.58. The number of aliphatic hydroxyl groups is 1. The molecule has 1 saturated heterocycles. The first kappa shape index (κ1) is 28.7. The molecule has 2 rings (SSSR count). The molecule has 0 bridgehead atoms. The van der Waals surface area contributed by atoms with Crippen molar-refractivity contribution in [2.24, 2.45) is 11.3 Å². The molecule has 0 aromatic heterocycles. The van der Waals surface area contributed by atoms with E-state index in [9.17, 15) is 19.5 Å². The van der Waals surface area contributed by atoms with Crippen molar-refractivity contribution < 1.29 is 24.2 Å². The number of benzene rings is 1. The third-order valence-corrected chi connectivity index (χ3v) is 6.77. The molecule has 0 aliphatic carbocycles. The molecule has 0 radical (unpaired) electrons. The molecule has 0 spiro atoms. The summed E-state index contributed by atoms with van der Waals surface area (Å²) in [4.78, 5) is 39.2. The predicted octanol–water partition coefficient (Wildman–Crippen LogP) is 3.62. The van der Waals surface area contributed by atoms with Crippen LogP contribution in [0.5, 0.6) is 0 Å². The molecule has 3 N–H and O–H groups in total. The fraction of sp³-hybridized carbons (Fsp3) is 0.577. The Morgan fingerprint density at radius 1 is 1.26 bits per heavy atom. The number of nitrogens with zero attached hydrogens (tertiary/aromatic N) is 1. The molecular formula is C26H38ClN3O5. The number of amides is 3. The number of carbonyl (C=O) groups is 3. The van der Waals surface area contributed by atoms with E-state index in [-0.39, 0.29) is 18.4 Å². The van der Waals surface area contributed by atoms with Gasteiger partial charge in [0.1, 0.15) is 11.6 Å². The summed E-state index contributed by atoms with van der Waals surface area (Å²) in [5.41, 5.74) is -1.95. The van der Waals surface area contributed by atoms with Crippen LogP contribution in [0.4, 0.5) is 4.79 Å². The third-order valence-electron chi connectivity index (χ3n) is 6.52. The van der Waals surface area contributed by atoms with Gasteiger partial charge in [-0.3, -0.25) is 4.79 Å². The van der Waals surface area contributed by atoms with Crippen LogP contribution in [0, 0.1) is 11.3 Å². The number of ether oxygens (including phenoxy) is 1. The smallest absolute Gasteiger partial charge is 0.330 e. The number of rotatable bonds is 8. The summed E-state index contributed by atoms with van der Waals surface area (Å²) in [6, 6.07) is 5.84. The molecule has 2 atom stereocenters. The van der Waals surface area contributed by atoms with Crippen molar-refractivity contribution in [1.82, 2.24) is 15.5 Å². The highest BCUT2D eigenvalue weighted by Gasteiger charge is 2.50. The number of piperidine rings is 1. The van der Waals surface area contributed by atoms with Crippen molar-refractivity contribution in [2.45, 2.75) is 65.2 Å². The van der Waals surface area contributed by atoms with E-state index in [0.29, 0.717) is 24.5 Å². The molecule has 1 heterocycles. The van der Waals surface area contributed by atoms with E-state index in [1.54, 1.807) is 30.9 Å². The van der Waals surface area contributed by atoms with Crippen molar-refractivity contribution >= 4 is 29.5 Å². The molecule has 1 fully saturated rings. The lowest BCUT2D eigenvalue weighted by atomic mass is 9.66. The lowest BCUT2D eigenvalue weighted by Crippen LogP contribution is -2.61. The molecule has 8 nitrogen and oxygen atoms in total. The van der Waals surface area contributed by atoms with Gasteiger partial charge >= 0.3 is 12.0 Å². The van der Waals surface area contributed by atoms with Crippen LogP contribution in [0.3, 0.4) is 0 Å². The summed E-state index contributed by atoms with van der Waals surface area (Å²) in [5.74, 6) is -0.961. The van der Waals surface area contributed by atoms with Crippen LogP contribution < -0.4 is 10.6 Å². The fourth-order valence-electron chi connectivity index (χ4n) is 4.32. The van der Waals surface area contributed by atoms with Gasteiger partial charge in [0.2, 0.25) is 5.91 Å². The van der Waals surface area contributed by atoms with Crippen LogP contribution in [0.15, 0.2) is 36.9 Å². The lowest BCUT2D eigenvalue weighted by molar-refractivity contribution is -0.155. The van der Waals surface area contributed by atoms with E-state index in [0.717, 1.165) is 11.6 Å². The largest absolute Gasteiger partial charge is 0.455 e.